The summed E-state index contributed by atoms with van der Waals surface area (Å²) in [5.74, 6) is 0. The van der Waals surface area contributed by atoms with Crippen molar-refractivity contribution in [1.29, 1.82) is 0 Å². The van der Waals surface area contributed by atoms with E-state index in [0.29, 0.717) is 6.42 Å². The summed E-state index contributed by atoms with van der Waals surface area (Å²) in [6, 6.07) is 1.95. The van der Waals surface area contributed by atoms with E-state index in [1.54, 1.807) is 12.4 Å². The predicted molar refractivity (Wildman–Crippen MR) is 69.9 cm³/mol. The Morgan fingerprint density at radius 2 is 2.29 bits per heavy atom. The summed E-state index contributed by atoms with van der Waals surface area (Å²) in [6.07, 6.45) is 4.25. The smallest absolute Gasteiger partial charge is 0.0957 e. The zero-order chi connectivity index (χ0) is 12.3. The summed E-state index contributed by atoms with van der Waals surface area (Å²) in [5, 5.41) is 14.2. The Morgan fingerprint density at radius 1 is 1.47 bits per heavy atom. The van der Waals surface area contributed by atoms with Gasteiger partial charge in [0, 0.05) is 23.3 Å². The van der Waals surface area contributed by atoms with Crippen LogP contribution in [-0.2, 0) is 12.8 Å². The maximum absolute atomic E-state index is 10.2. The molecule has 0 aliphatic heterocycles. The fourth-order valence-electron chi connectivity index (χ4n) is 1.60. The number of nitrogens with zero attached hydrogens (tertiary/aromatic N) is 3. The van der Waals surface area contributed by atoms with Crippen LogP contribution in [0, 0.1) is 0 Å². The van der Waals surface area contributed by atoms with Crippen LogP contribution in [-0.4, -0.2) is 19.7 Å². The van der Waals surface area contributed by atoms with Gasteiger partial charge in [-0.2, -0.15) is 0 Å². The quantitative estimate of drug-likeness (QED) is 0.942. The molecule has 17 heavy (non-hydrogen) atoms. The molecule has 0 fully saturated rings. The maximum Gasteiger partial charge on any atom is 0.0957 e. The van der Waals surface area contributed by atoms with Crippen molar-refractivity contribution in [2.45, 2.75) is 25.9 Å². The second-order valence-corrected chi connectivity index (χ2v) is 5.37. The molecular formula is C11H12BrN3OS. The first kappa shape index (κ1) is 12.6. The SMILES string of the molecule is CCc1nnsc1C(O)Cc1cncc(Br)c1. The Labute approximate surface area is 112 Å². The molecular weight excluding hydrogens is 302 g/mol. The molecule has 1 atom stereocenters. The minimum atomic E-state index is -0.555. The van der Waals surface area contributed by atoms with E-state index in [2.05, 4.69) is 30.5 Å². The van der Waals surface area contributed by atoms with Crippen molar-refractivity contribution in [3.05, 3.63) is 39.1 Å². The van der Waals surface area contributed by atoms with Gasteiger partial charge >= 0.3 is 0 Å². The molecule has 6 heteroatoms. The molecule has 2 aromatic rings. The van der Waals surface area contributed by atoms with Crippen molar-refractivity contribution in [3.8, 4) is 0 Å². The van der Waals surface area contributed by atoms with Crippen molar-refractivity contribution in [1.82, 2.24) is 14.6 Å². The van der Waals surface area contributed by atoms with Crippen molar-refractivity contribution < 1.29 is 5.11 Å². The molecule has 0 spiro atoms. The number of aryl methyl sites for hydroxylation is 1. The molecule has 0 amide bonds. The van der Waals surface area contributed by atoms with Gasteiger partial charge in [-0.25, -0.2) is 0 Å². The van der Waals surface area contributed by atoms with E-state index < -0.39 is 6.10 Å². The minimum Gasteiger partial charge on any atom is -0.387 e. The topological polar surface area (TPSA) is 58.9 Å². The van der Waals surface area contributed by atoms with Gasteiger partial charge in [-0.3, -0.25) is 4.98 Å². The molecule has 1 unspecified atom stereocenters. The van der Waals surface area contributed by atoms with E-state index in [0.717, 1.165) is 27.0 Å². The highest BCUT2D eigenvalue weighted by Crippen LogP contribution is 2.24. The zero-order valence-electron chi connectivity index (χ0n) is 9.30. The summed E-state index contributed by atoms with van der Waals surface area (Å²) in [7, 11) is 0. The third-order valence-electron chi connectivity index (χ3n) is 2.41. The highest BCUT2D eigenvalue weighted by atomic mass is 79.9. The van der Waals surface area contributed by atoms with Crippen LogP contribution >= 0.6 is 27.5 Å². The molecule has 0 aromatic carbocycles. The number of hydrogen-bond acceptors (Lipinski definition) is 5. The number of pyridine rings is 1. The molecule has 0 bridgehead atoms. The lowest BCUT2D eigenvalue weighted by Gasteiger charge is -2.09. The van der Waals surface area contributed by atoms with Crippen LogP contribution in [0.3, 0.4) is 0 Å². The number of aromatic nitrogens is 3. The first-order chi connectivity index (χ1) is 8.20. The minimum absolute atomic E-state index is 0.531. The van der Waals surface area contributed by atoms with Crippen LogP contribution in [0.4, 0.5) is 0 Å². The van der Waals surface area contributed by atoms with E-state index in [1.165, 1.54) is 11.5 Å². The van der Waals surface area contributed by atoms with Crippen LogP contribution in [0.5, 0.6) is 0 Å². The Hall–Kier alpha value is -0.850. The fourth-order valence-corrected chi connectivity index (χ4v) is 2.73. The Balaban J connectivity index is 2.14. The average Bonchev–Trinajstić information content (AvgIpc) is 2.77. The molecule has 2 aromatic heterocycles. The first-order valence-electron chi connectivity index (χ1n) is 5.29. The molecule has 0 saturated carbocycles. The number of halogens is 1. The van der Waals surface area contributed by atoms with Gasteiger partial charge in [0.1, 0.15) is 0 Å². The molecule has 0 aliphatic rings. The van der Waals surface area contributed by atoms with Gasteiger partial charge < -0.3 is 5.11 Å². The van der Waals surface area contributed by atoms with Crippen molar-refractivity contribution >= 4 is 27.5 Å². The molecule has 0 aliphatic carbocycles. The summed E-state index contributed by atoms with van der Waals surface area (Å²) >= 11 is 4.63. The van der Waals surface area contributed by atoms with E-state index in [-0.39, 0.29) is 0 Å². The molecule has 0 saturated heterocycles. The van der Waals surface area contributed by atoms with Gasteiger partial charge in [0.25, 0.3) is 0 Å². The summed E-state index contributed by atoms with van der Waals surface area (Å²) < 4.78 is 4.80. The molecule has 4 nitrogen and oxygen atoms in total. The number of aliphatic hydroxyl groups excluding tert-OH is 1. The van der Waals surface area contributed by atoms with Gasteiger partial charge in [-0.05, 0) is 45.5 Å². The van der Waals surface area contributed by atoms with Crippen LogP contribution in [0.15, 0.2) is 22.9 Å². The Kier molecular flexibility index (Phi) is 4.20. The molecule has 90 valence electrons. The van der Waals surface area contributed by atoms with Gasteiger partial charge in [0.2, 0.25) is 0 Å². The predicted octanol–water partition coefficient (Wildman–Crippen LogP) is 2.53. The summed E-state index contributed by atoms with van der Waals surface area (Å²) in [6.45, 7) is 2.01. The third-order valence-corrected chi connectivity index (χ3v) is 3.71. The Bertz CT molecular complexity index is 503. The van der Waals surface area contributed by atoms with Crippen LogP contribution in [0.25, 0.3) is 0 Å². The van der Waals surface area contributed by atoms with E-state index >= 15 is 0 Å². The second-order valence-electron chi connectivity index (χ2n) is 3.67. The molecule has 2 heterocycles. The third kappa shape index (κ3) is 3.08. The van der Waals surface area contributed by atoms with Crippen molar-refractivity contribution in [2.24, 2.45) is 0 Å². The molecule has 1 N–H and O–H groups in total. The van der Waals surface area contributed by atoms with Crippen molar-refractivity contribution in [3.63, 3.8) is 0 Å². The van der Waals surface area contributed by atoms with E-state index in [4.69, 9.17) is 0 Å². The number of aliphatic hydroxyl groups is 1. The molecule has 0 radical (unpaired) electrons. The lowest BCUT2D eigenvalue weighted by atomic mass is 10.1. The molecule has 2 rings (SSSR count). The largest absolute Gasteiger partial charge is 0.387 e. The van der Waals surface area contributed by atoms with E-state index in [1.807, 2.05) is 13.0 Å². The fraction of sp³-hybridized carbons (Fsp3) is 0.364. The number of hydrogen-bond donors (Lipinski definition) is 1. The summed E-state index contributed by atoms with van der Waals surface area (Å²) in [5.41, 5.74) is 1.87. The monoisotopic (exact) mass is 313 g/mol. The lowest BCUT2D eigenvalue weighted by Crippen LogP contribution is -2.03. The number of rotatable bonds is 4. The summed E-state index contributed by atoms with van der Waals surface area (Å²) in [4.78, 5) is 4.93. The highest BCUT2D eigenvalue weighted by Gasteiger charge is 2.16. The Morgan fingerprint density at radius 3 is 3.00 bits per heavy atom. The van der Waals surface area contributed by atoms with Crippen LogP contribution in [0.2, 0.25) is 0 Å². The van der Waals surface area contributed by atoms with Gasteiger partial charge in [-0.15, -0.1) is 5.10 Å². The van der Waals surface area contributed by atoms with Crippen LogP contribution < -0.4 is 0 Å². The lowest BCUT2D eigenvalue weighted by molar-refractivity contribution is 0.181. The zero-order valence-corrected chi connectivity index (χ0v) is 11.7. The second kappa shape index (κ2) is 5.66. The average molecular weight is 314 g/mol. The highest BCUT2D eigenvalue weighted by molar-refractivity contribution is 9.10. The first-order valence-corrected chi connectivity index (χ1v) is 6.86. The van der Waals surface area contributed by atoms with Crippen molar-refractivity contribution in [2.75, 3.05) is 0 Å². The van der Waals surface area contributed by atoms with E-state index in [9.17, 15) is 5.11 Å². The maximum atomic E-state index is 10.2. The van der Waals surface area contributed by atoms with Gasteiger partial charge in [0.05, 0.1) is 16.7 Å². The van der Waals surface area contributed by atoms with Crippen LogP contribution in [0.1, 0.15) is 29.2 Å². The normalized spacial score (nSPS) is 12.6. The standard InChI is InChI=1S/C11H12BrN3OS/c1-2-9-11(17-15-14-9)10(16)4-7-3-8(12)6-13-5-7/h3,5-6,10,16H,2,4H2,1H3. The van der Waals surface area contributed by atoms with Gasteiger partial charge in [0.15, 0.2) is 0 Å². The van der Waals surface area contributed by atoms with Gasteiger partial charge in [-0.1, -0.05) is 11.4 Å².